The van der Waals surface area contributed by atoms with E-state index in [2.05, 4.69) is 25.8 Å². The lowest BCUT2D eigenvalue weighted by Gasteiger charge is -2.19. The molecule has 0 aliphatic heterocycles. The SMILES string of the molecule is CC(C)(C)c1ccc(-n2cncc(C(=O)O)c2=O)cc1. The number of nitrogens with zero attached hydrogens (tertiary/aromatic N) is 2. The number of aromatic carboxylic acids is 1. The summed E-state index contributed by atoms with van der Waals surface area (Å²) in [4.78, 5) is 26.8. The van der Waals surface area contributed by atoms with Crippen LogP contribution in [0.1, 0.15) is 36.7 Å². The van der Waals surface area contributed by atoms with Gasteiger partial charge < -0.3 is 5.11 Å². The summed E-state index contributed by atoms with van der Waals surface area (Å²) < 4.78 is 1.23. The van der Waals surface area contributed by atoms with E-state index in [1.807, 2.05) is 12.1 Å². The zero-order valence-corrected chi connectivity index (χ0v) is 11.6. The van der Waals surface area contributed by atoms with Crippen molar-refractivity contribution in [1.29, 1.82) is 0 Å². The predicted octanol–water partition coefficient (Wildman–Crippen LogP) is 2.23. The normalized spacial score (nSPS) is 11.3. The van der Waals surface area contributed by atoms with Gasteiger partial charge in [0.15, 0.2) is 0 Å². The van der Waals surface area contributed by atoms with Crippen molar-refractivity contribution in [3.63, 3.8) is 0 Å². The quantitative estimate of drug-likeness (QED) is 0.910. The van der Waals surface area contributed by atoms with Crippen molar-refractivity contribution in [2.75, 3.05) is 0 Å². The van der Waals surface area contributed by atoms with Gasteiger partial charge in [-0.1, -0.05) is 32.9 Å². The molecule has 1 aromatic heterocycles. The minimum Gasteiger partial charge on any atom is -0.477 e. The molecule has 104 valence electrons. The van der Waals surface area contributed by atoms with E-state index in [1.165, 1.54) is 10.9 Å². The Kier molecular flexibility index (Phi) is 3.44. The van der Waals surface area contributed by atoms with E-state index >= 15 is 0 Å². The van der Waals surface area contributed by atoms with Crippen LogP contribution in [0.5, 0.6) is 0 Å². The molecule has 20 heavy (non-hydrogen) atoms. The van der Waals surface area contributed by atoms with Crippen molar-refractivity contribution in [1.82, 2.24) is 9.55 Å². The molecule has 0 bridgehead atoms. The monoisotopic (exact) mass is 272 g/mol. The summed E-state index contributed by atoms with van der Waals surface area (Å²) in [5, 5.41) is 8.93. The van der Waals surface area contributed by atoms with E-state index in [-0.39, 0.29) is 11.0 Å². The van der Waals surface area contributed by atoms with Gasteiger partial charge in [0, 0.05) is 6.20 Å². The first-order valence-corrected chi connectivity index (χ1v) is 6.21. The van der Waals surface area contributed by atoms with Crippen LogP contribution in [-0.2, 0) is 5.41 Å². The summed E-state index contributed by atoms with van der Waals surface area (Å²) in [7, 11) is 0. The molecule has 0 aliphatic rings. The Morgan fingerprint density at radius 2 is 1.80 bits per heavy atom. The number of hydrogen-bond acceptors (Lipinski definition) is 3. The van der Waals surface area contributed by atoms with Crippen molar-refractivity contribution >= 4 is 5.97 Å². The molecular formula is C15H16N2O3. The third-order valence-electron chi connectivity index (χ3n) is 3.08. The van der Waals surface area contributed by atoms with Gasteiger partial charge in [0.1, 0.15) is 11.9 Å². The van der Waals surface area contributed by atoms with E-state index in [1.54, 1.807) is 12.1 Å². The zero-order chi connectivity index (χ0) is 14.9. The maximum Gasteiger partial charge on any atom is 0.342 e. The molecule has 1 aromatic carbocycles. The largest absolute Gasteiger partial charge is 0.477 e. The first-order valence-electron chi connectivity index (χ1n) is 6.21. The number of carboxylic acids is 1. The second-order valence-corrected chi connectivity index (χ2v) is 5.58. The average molecular weight is 272 g/mol. The van der Waals surface area contributed by atoms with Crippen LogP contribution in [0.2, 0.25) is 0 Å². The highest BCUT2D eigenvalue weighted by Gasteiger charge is 2.15. The van der Waals surface area contributed by atoms with Gasteiger partial charge >= 0.3 is 5.97 Å². The van der Waals surface area contributed by atoms with E-state index < -0.39 is 11.5 Å². The molecule has 5 heteroatoms. The summed E-state index contributed by atoms with van der Waals surface area (Å²) in [5.74, 6) is -1.27. The van der Waals surface area contributed by atoms with Gasteiger partial charge in [0.25, 0.3) is 5.56 Å². The molecule has 0 spiro atoms. The third kappa shape index (κ3) is 2.61. The summed E-state index contributed by atoms with van der Waals surface area (Å²) in [6.45, 7) is 6.29. The van der Waals surface area contributed by atoms with Gasteiger partial charge in [0.2, 0.25) is 0 Å². The van der Waals surface area contributed by atoms with Crippen LogP contribution < -0.4 is 5.56 Å². The number of aromatic nitrogens is 2. The smallest absolute Gasteiger partial charge is 0.342 e. The highest BCUT2D eigenvalue weighted by Crippen LogP contribution is 2.22. The van der Waals surface area contributed by atoms with Crippen molar-refractivity contribution in [3.8, 4) is 5.69 Å². The lowest BCUT2D eigenvalue weighted by molar-refractivity contribution is 0.0694. The Labute approximate surface area is 116 Å². The van der Waals surface area contributed by atoms with Crippen molar-refractivity contribution in [2.45, 2.75) is 26.2 Å². The van der Waals surface area contributed by atoms with Gasteiger partial charge in [0.05, 0.1) is 5.69 Å². The van der Waals surface area contributed by atoms with E-state index in [0.717, 1.165) is 11.8 Å². The third-order valence-corrected chi connectivity index (χ3v) is 3.08. The predicted molar refractivity (Wildman–Crippen MR) is 75.5 cm³/mol. The molecule has 0 atom stereocenters. The van der Waals surface area contributed by atoms with Crippen LogP contribution in [0, 0.1) is 0 Å². The molecule has 0 fully saturated rings. The number of carboxylic acid groups (broad SMARTS) is 1. The first-order chi connectivity index (χ1) is 9.30. The van der Waals surface area contributed by atoms with Crippen LogP contribution in [0.4, 0.5) is 0 Å². The molecule has 1 N–H and O–H groups in total. The van der Waals surface area contributed by atoms with Crippen LogP contribution in [0.25, 0.3) is 5.69 Å². The maximum atomic E-state index is 12.0. The lowest BCUT2D eigenvalue weighted by Crippen LogP contribution is -2.25. The van der Waals surface area contributed by atoms with Gasteiger partial charge in [-0.05, 0) is 23.1 Å². The standard InChI is InChI=1S/C15H16N2O3/c1-15(2,3)10-4-6-11(7-5-10)17-9-16-8-12(13(17)18)14(19)20/h4-9H,1-3H3,(H,19,20). The second kappa shape index (κ2) is 4.92. The molecule has 0 unspecified atom stereocenters. The highest BCUT2D eigenvalue weighted by molar-refractivity contribution is 5.86. The summed E-state index contributed by atoms with van der Waals surface area (Å²) in [6, 6.07) is 7.43. The van der Waals surface area contributed by atoms with Crippen molar-refractivity contribution in [2.24, 2.45) is 0 Å². The summed E-state index contributed by atoms with van der Waals surface area (Å²) in [5.41, 5.74) is 0.823. The Balaban J connectivity index is 2.51. The van der Waals surface area contributed by atoms with Crippen LogP contribution in [-0.4, -0.2) is 20.6 Å². The summed E-state index contributed by atoms with van der Waals surface area (Å²) in [6.07, 6.45) is 2.38. The molecule has 0 aliphatic carbocycles. The first kappa shape index (κ1) is 14.0. The fourth-order valence-corrected chi connectivity index (χ4v) is 1.86. The second-order valence-electron chi connectivity index (χ2n) is 5.58. The summed E-state index contributed by atoms with van der Waals surface area (Å²) >= 11 is 0. The Hall–Kier alpha value is -2.43. The van der Waals surface area contributed by atoms with Crippen LogP contribution in [0.3, 0.4) is 0 Å². The number of rotatable bonds is 2. The van der Waals surface area contributed by atoms with Gasteiger partial charge in [-0.15, -0.1) is 0 Å². The molecule has 5 nitrogen and oxygen atoms in total. The van der Waals surface area contributed by atoms with Gasteiger partial charge in [-0.2, -0.15) is 0 Å². The Morgan fingerprint density at radius 3 is 2.30 bits per heavy atom. The lowest BCUT2D eigenvalue weighted by atomic mass is 9.87. The molecule has 0 saturated carbocycles. The molecule has 0 amide bonds. The highest BCUT2D eigenvalue weighted by atomic mass is 16.4. The average Bonchev–Trinajstić information content (AvgIpc) is 2.38. The topological polar surface area (TPSA) is 72.2 Å². The molecule has 1 heterocycles. The van der Waals surface area contributed by atoms with Gasteiger partial charge in [-0.3, -0.25) is 9.36 Å². The zero-order valence-electron chi connectivity index (χ0n) is 11.6. The van der Waals surface area contributed by atoms with Crippen molar-refractivity contribution in [3.05, 3.63) is 58.3 Å². The fraction of sp³-hybridized carbons (Fsp3) is 0.267. The number of benzene rings is 1. The fourth-order valence-electron chi connectivity index (χ4n) is 1.86. The van der Waals surface area contributed by atoms with Crippen LogP contribution in [0.15, 0.2) is 41.6 Å². The van der Waals surface area contributed by atoms with Crippen molar-refractivity contribution < 1.29 is 9.90 Å². The maximum absolute atomic E-state index is 12.0. The van der Waals surface area contributed by atoms with Gasteiger partial charge in [-0.25, -0.2) is 9.78 Å². The molecular weight excluding hydrogens is 256 g/mol. The number of carbonyl (C=O) groups is 1. The van der Waals surface area contributed by atoms with Crippen LogP contribution >= 0.6 is 0 Å². The van der Waals surface area contributed by atoms with E-state index in [9.17, 15) is 9.59 Å². The van der Waals surface area contributed by atoms with E-state index in [4.69, 9.17) is 5.11 Å². The molecule has 2 aromatic rings. The Bertz CT molecular complexity index is 694. The minimum absolute atomic E-state index is 0.0185. The molecule has 0 saturated heterocycles. The minimum atomic E-state index is -1.27. The Morgan fingerprint density at radius 1 is 1.20 bits per heavy atom. The van der Waals surface area contributed by atoms with E-state index in [0.29, 0.717) is 5.69 Å². The molecule has 2 rings (SSSR count). The molecule has 0 radical (unpaired) electrons. The number of hydrogen-bond donors (Lipinski definition) is 1.